The lowest BCUT2D eigenvalue weighted by Gasteiger charge is -2.35. The first-order valence-electron chi connectivity index (χ1n) is 14.8. The van der Waals surface area contributed by atoms with E-state index in [0.717, 1.165) is 31.5 Å². The van der Waals surface area contributed by atoms with E-state index in [4.69, 9.17) is 11.6 Å². The SMILES string of the molecule is CC(C(CC=Cc1ccc2ccccc2c1)c1ccc(Cl)cc1)N(Cc1cc2ccccc2s1)C(=O)CC(CC(=O)O)C(=O)O. The van der Waals surface area contributed by atoms with E-state index in [2.05, 4.69) is 48.6 Å². The van der Waals surface area contributed by atoms with Crippen LogP contribution in [-0.2, 0) is 20.9 Å². The van der Waals surface area contributed by atoms with Crippen molar-refractivity contribution >= 4 is 67.7 Å². The van der Waals surface area contributed by atoms with E-state index in [1.54, 1.807) is 16.2 Å². The Kier molecular flexibility index (Phi) is 10.3. The van der Waals surface area contributed by atoms with Crippen molar-refractivity contribution in [3.05, 3.63) is 124 Å². The second-order valence-corrected chi connectivity index (χ2v) is 12.9. The van der Waals surface area contributed by atoms with Gasteiger partial charge in [0.05, 0.1) is 18.9 Å². The van der Waals surface area contributed by atoms with E-state index < -0.39 is 36.6 Å². The lowest BCUT2D eigenvalue weighted by Crippen LogP contribution is -2.42. The molecule has 0 radical (unpaired) electrons. The summed E-state index contributed by atoms with van der Waals surface area (Å²) >= 11 is 7.82. The summed E-state index contributed by atoms with van der Waals surface area (Å²) in [4.78, 5) is 40.0. The molecule has 0 saturated heterocycles. The highest BCUT2D eigenvalue weighted by Crippen LogP contribution is 2.33. The maximum Gasteiger partial charge on any atom is 0.307 e. The number of amides is 1. The first-order valence-corrected chi connectivity index (χ1v) is 16.0. The highest BCUT2D eigenvalue weighted by molar-refractivity contribution is 7.19. The fraction of sp³-hybridized carbons (Fsp3) is 0.216. The van der Waals surface area contributed by atoms with Gasteiger partial charge in [-0.2, -0.15) is 0 Å². The Bertz CT molecular complexity index is 1810. The molecule has 0 aliphatic carbocycles. The number of fused-ring (bicyclic) bond motifs is 2. The smallest absolute Gasteiger partial charge is 0.307 e. The molecule has 0 aliphatic heterocycles. The molecule has 3 unspecified atom stereocenters. The van der Waals surface area contributed by atoms with Gasteiger partial charge in [0.25, 0.3) is 0 Å². The molecule has 8 heteroatoms. The van der Waals surface area contributed by atoms with Crippen LogP contribution in [0, 0.1) is 5.92 Å². The molecule has 2 N–H and O–H groups in total. The molecule has 230 valence electrons. The Morgan fingerprint density at radius 3 is 2.22 bits per heavy atom. The van der Waals surface area contributed by atoms with E-state index in [9.17, 15) is 24.6 Å². The maximum absolute atomic E-state index is 13.9. The molecule has 0 bridgehead atoms. The Hall–Kier alpha value is -4.46. The molecular formula is C37H34ClNO5S. The van der Waals surface area contributed by atoms with Crippen LogP contribution in [0.3, 0.4) is 0 Å². The van der Waals surface area contributed by atoms with E-state index in [0.29, 0.717) is 11.4 Å². The zero-order chi connectivity index (χ0) is 31.9. The topological polar surface area (TPSA) is 94.9 Å². The number of carboxylic acids is 2. The van der Waals surface area contributed by atoms with Gasteiger partial charge in [-0.25, -0.2) is 0 Å². The van der Waals surface area contributed by atoms with Crippen LogP contribution >= 0.6 is 22.9 Å². The van der Waals surface area contributed by atoms with Crippen LogP contribution in [0.15, 0.2) is 103 Å². The maximum atomic E-state index is 13.9. The summed E-state index contributed by atoms with van der Waals surface area (Å²) in [6.07, 6.45) is 3.75. The molecule has 5 aromatic rings. The summed E-state index contributed by atoms with van der Waals surface area (Å²) in [6, 6.07) is 31.7. The van der Waals surface area contributed by atoms with Gasteiger partial charge in [-0.3, -0.25) is 14.4 Å². The molecule has 6 nitrogen and oxygen atoms in total. The molecule has 0 fully saturated rings. The summed E-state index contributed by atoms with van der Waals surface area (Å²) in [6.45, 7) is 2.25. The van der Waals surface area contributed by atoms with E-state index >= 15 is 0 Å². The van der Waals surface area contributed by atoms with Gasteiger partial charge in [0, 0.05) is 33.0 Å². The van der Waals surface area contributed by atoms with Gasteiger partial charge in [0.15, 0.2) is 0 Å². The summed E-state index contributed by atoms with van der Waals surface area (Å²) in [5.74, 6) is -4.43. The number of benzene rings is 4. The minimum atomic E-state index is -1.33. The average Bonchev–Trinajstić information content (AvgIpc) is 3.44. The molecule has 0 spiro atoms. The monoisotopic (exact) mass is 639 g/mol. The van der Waals surface area contributed by atoms with Crippen molar-refractivity contribution in [3.63, 3.8) is 0 Å². The molecule has 3 atom stereocenters. The predicted molar refractivity (Wildman–Crippen MR) is 182 cm³/mol. The number of carboxylic acid groups (broad SMARTS) is 2. The Balaban J connectivity index is 1.47. The standard InChI is InChI=1S/C37H34ClNO5S/c1-24(33(27-15-17-31(38)18-16-27)11-6-7-25-13-14-26-8-2-3-9-28(26)19-25)39(35(40)21-30(37(43)44)22-36(41)42)23-32-20-29-10-4-5-12-34(29)45-32/h2-10,12-20,24,30,33H,11,21-23H2,1H3,(H,41,42)(H,43,44). The Labute approximate surface area is 271 Å². The Morgan fingerprint density at radius 1 is 0.844 bits per heavy atom. The summed E-state index contributed by atoms with van der Waals surface area (Å²) in [7, 11) is 0. The lowest BCUT2D eigenvalue weighted by molar-refractivity contribution is -0.151. The molecule has 1 heterocycles. The number of thiophene rings is 1. The normalized spacial score (nSPS) is 13.6. The zero-order valence-electron chi connectivity index (χ0n) is 24.8. The lowest BCUT2D eigenvalue weighted by atomic mass is 9.87. The summed E-state index contributed by atoms with van der Waals surface area (Å²) < 4.78 is 1.09. The van der Waals surface area contributed by atoms with Crippen LogP contribution in [0.4, 0.5) is 0 Å². The predicted octanol–water partition coefficient (Wildman–Crippen LogP) is 8.88. The van der Waals surface area contributed by atoms with Gasteiger partial charge >= 0.3 is 11.9 Å². The van der Waals surface area contributed by atoms with E-state index in [1.807, 2.05) is 67.6 Å². The fourth-order valence-corrected chi connectivity index (χ4v) is 6.92. The number of aliphatic carboxylic acids is 2. The van der Waals surface area contributed by atoms with Gasteiger partial charge < -0.3 is 15.1 Å². The van der Waals surface area contributed by atoms with Gasteiger partial charge in [0.1, 0.15) is 0 Å². The van der Waals surface area contributed by atoms with E-state index in [-0.39, 0.29) is 18.5 Å². The average molecular weight is 640 g/mol. The number of hydrogen-bond donors (Lipinski definition) is 2. The quantitative estimate of drug-likeness (QED) is 0.134. The molecular weight excluding hydrogens is 606 g/mol. The van der Waals surface area contributed by atoms with Crippen molar-refractivity contribution in [1.29, 1.82) is 0 Å². The second-order valence-electron chi connectivity index (χ2n) is 11.3. The van der Waals surface area contributed by atoms with Crippen LogP contribution < -0.4 is 0 Å². The van der Waals surface area contributed by atoms with Crippen molar-refractivity contribution in [2.75, 3.05) is 0 Å². The highest BCUT2D eigenvalue weighted by atomic mass is 35.5. The van der Waals surface area contributed by atoms with Crippen LogP contribution in [-0.4, -0.2) is 39.0 Å². The van der Waals surface area contributed by atoms with Gasteiger partial charge in [0.2, 0.25) is 5.91 Å². The first kappa shape index (κ1) is 31.9. The Morgan fingerprint density at radius 2 is 1.53 bits per heavy atom. The van der Waals surface area contributed by atoms with Crippen LogP contribution in [0.5, 0.6) is 0 Å². The van der Waals surface area contributed by atoms with Crippen molar-refractivity contribution in [1.82, 2.24) is 4.90 Å². The number of rotatable bonds is 13. The van der Waals surface area contributed by atoms with Crippen molar-refractivity contribution < 1.29 is 24.6 Å². The third-order valence-electron chi connectivity index (χ3n) is 8.16. The number of carbonyl (C=O) groups is 3. The van der Waals surface area contributed by atoms with Crippen molar-refractivity contribution in [3.8, 4) is 0 Å². The number of halogens is 1. The highest BCUT2D eigenvalue weighted by Gasteiger charge is 2.32. The molecule has 5 rings (SSSR count). The first-order chi connectivity index (χ1) is 21.7. The summed E-state index contributed by atoms with van der Waals surface area (Å²) in [5, 5.41) is 23.0. The summed E-state index contributed by atoms with van der Waals surface area (Å²) in [5.41, 5.74) is 2.05. The van der Waals surface area contributed by atoms with Gasteiger partial charge in [-0.05, 0) is 71.0 Å². The van der Waals surface area contributed by atoms with Crippen molar-refractivity contribution in [2.45, 2.75) is 44.7 Å². The molecule has 1 amide bonds. The number of carbonyl (C=O) groups excluding carboxylic acids is 1. The molecule has 45 heavy (non-hydrogen) atoms. The van der Waals surface area contributed by atoms with Crippen molar-refractivity contribution in [2.24, 2.45) is 5.92 Å². The third kappa shape index (κ3) is 8.18. The third-order valence-corrected chi connectivity index (χ3v) is 9.51. The minimum Gasteiger partial charge on any atom is -0.481 e. The number of nitrogens with zero attached hydrogens (tertiary/aromatic N) is 1. The number of allylic oxidation sites excluding steroid dienone is 1. The molecule has 0 saturated carbocycles. The number of hydrogen-bond acceptors (Lipinski definition) is 4. The minimum absolute atomic E-state index is 0.153. The molecule has 0 aliphatic rings. The molecule has 4 aromatic carbocycles. The fourth-order valence-electron chi connectivity index (χ4n) is 5.73. The zero-order valence-corrected chi connectivity index (χ0v) is 26.4. The van der Waals surface area contributed by atoms with Crippen LogP contribution in [0.2, 0.25) is 5.02 Å². The van der Waals surface area contributed by atoms with Crippen LogP contribution in [0.25, 0.3) is 26.9 Å². The second kappa shape index (κ2) is 14.5. The van der Waals surface area contributed by atoms with E-state index in [1.165, 1.54) is 5.39 Å². The largest absolute Gasteiger partial charge is 0.481 e. The van der Waals surface area contributed by atoms with Gasteiger partial charge in [-0.15, -0.1) is 11.3 Å². The molecule has 1 aromatic heterocycles. The van der Waals surface area contributed by atoms with Crippen LogP contribution in [0.1, 0.15) is 48.1 Å². The van der Waals surface area contributed by atoms with Gasteiger partial charge in [-0.1, -0.05) is 90.5 Å².